The van der Waals surface area contributed by atoms with Crippen LogP contribution in [0, 0.1) is 17.8 Å². The van der Waals surface area contributed by atoms with Crippen molar-refractivity contribution in [3.63, 3.8) is 0 Å². The van der Waals surface area contributed by atoms with Crippen molar-refractivity contribution in [1.29, 1.82) is 0 Å². The lowest BCUT2D eigenvalue weighted by atomic mass is 9.70. The number of alkyl halides is 1. The predicted octanol–water partition coefficient (Wildman–Crippen LogP) is 2.30. The Labute approximate surface area is 208 Å². The van der Waals surface area contributed by atoms with Crippen molar-refractivity contribution >= 4 is 39.3 Å². The third kappa shape index (κ3) is 3.95. The summed E-state index contributed by atoms with van der Waals surface area (Å²) < 4.78 is 6.48. The molecule has 3 N–H and O–H groups in total. The smallest absolute Gasteiger partial charge is 0.246 e. The quantitative estimate of drug-likeness (QED) is 0.442. The zero-order valence-electron chi connectivity index (χ0n) is 20.0. The SMILES string of the molecule is CC[C@H](C)[C@H](CO)N1C(=O)[C@@H]2[C@@H](C(=O)Nc3ccccc3)[C@@H]3OC2(CC3Br)C1C(=O)NC(C)C. The van der Waals surface area contributed by atoms with Gasteiger partial charge in [0.25, 0.3) is 0 Å². The molecule has 3 unspecified atom stereocenters. The molecule has 9 heteroatoms. The van der Waals surface area contributed by atoms with Gasteiger partial charge in [0, 0.05) is 16.6 Å². The molecule has 8 nitrogen and oxygen atoms in total. The van der Waals surface area contributed by atoms with Gasteiger partial charge in [-0.25, -0.2) is 0 Å². The zero-order chi connectivity index (χ0) is 24.8. The number of nitrogens with one attached hydrogen (secondary N) is 2. The van der Waals surface area contributed by atoms with Crippen LogP contribution in [0.5, 0.6) is 0 Å². The van der Waals surface area contributed by atoms with Gasteiger partial charge in [-0.15, -0.1) is 0 Å². The molecule has 34 heavy (non-hydrogen) atoms. The minimum absolute atomic E-state index is 0.0351. The number of para-hydroxylation sites is 1. The lowest BCUT2D eigenvalue weighted by Gasteiger charge is -2.39. The fraction of sp³-hybridized carbons (Fsp3) is 0.640. The number of halogens is 1. The van der Waals surface area contributed by atoms with Gasteiger partial charge >= 0.3 is 0 Å². The minimum atomic E-state index is -1.13. The molecule has 3 heterocycles. The van der Waals surface area contributed by atoms with Crippen molar-refractivity contribution in [3.8, 4) is 0 Å². The molecule has 3 amide bonds. The Morgan fingerprint density at radius 3 is 2.50 bits per heavy atom. The zero-order valence-corrected chi connectivity index (χ0v) is 21.6. The third-order valence-electron chi connectivity index (χ3n) is 7.60. The second-order valence-electron chi connectivity index (χ2n) is 10.1. The summed E-state index contributed by atoms with van der Waals surface area (Å²) in [5.74, 6) is -2.48. The summed E-state index contributed by atoms with van der Waals surface area (Å²) in [6.07, 6.45) is 0.646. The molecule has 1 spiro atoms. The molecule has 0 aromatic heterocycles. The number of aliphatic hydroxyl groups excluding tert-OH is 1. The van der Waals surface area contributed by atoms with Crippen LogP contribution in [-0.2, 0) is 19.1 Å². The number of rotatable bonds is 8. The van der Waals surface area contributed by atoms with Gasteiger partial charge in [-0.2, -0.15) is 0 Å². The first kappa shape index (κ1) is 25.1. The van der Waals surface area contributed by atoms with E-state index in [4.69, 9.17) is 4.74 Å². The van der Waals surface area contributed by atoms with E-state index in [2.05, 4.69) is 26.6 Å². The molecule has 4 rings (SSSR count). The van der Waals surface area contributed by atoms with Crippen molar-refractivity contribution in [2.75, 3.05) is 11.9 Å². The average molecular weight is 536 g/mol. The van der Waals surface area contributed by atoms with E-state index in [1.165, 1.54) is 4.90 Å². The number of carbonyl (C=O) groups excluding carboxylic acids is 3. The summed E-state index contributed by atoms with van der Waals surface area (Å²) in [5.41, 5.74) is -0.492. The highest BCUT2D eigenvalue weighted by atomic mass is 79.9. The molecule has 1 aromatic carbocycles. The Morgan fingerprint density at radius 1 is 1.24 bits per heavy atom. The fourth-order valence-corrected chi connectivity index (χ4v) is 6.89. The molecule has 2 bridgehead atoms. The second kappa shape index (κ2) is 9.59. The van der Waals surface area contributed by atoms with Crippen LogP contribution < -0.4 is 10.6 Å². The molecule has 3 aliphatic rings. The second-order valence-corrected chi connectivity index (χ2v) is 11.2. The van der Waals surface area contributed by atoms with Crippen molar-refractivity contribution < 1.29 is 24.2 Å². The predicted molar refractivity (Wildman–Crippen MR) is 131 cm³/mol. The van der Waals surface area contributed by atoms with E-state index in [-0.39, 0.29) is 41.1 Å². The first-order valence-corrected chi connectivity index (χ1v) is 13.0. The van der Waals surface area contributed by atoms with Gasteiger partial charge in [0.2, 0.25) is 17.7 Å². The lowest BCUT2D eigenvalue weighted by Crippen LogP contribution is -2.60. The van der Waals surface area contributed by atoms with Gasteiger partial charge in [-0.1, -0.05) is 54.4 Å². The number of aliphatic hydroxyl groups is 1. The van der Waals surface area contributed by atoms with Gasteiger partial charge in [0.15, 0.2) is 0 Å². The maximum atomic E-state index is 14.0. The lowest BCUT2D eigenvalue weighted by molar-refractivity contribution is -0.146. The monoisotopic (exact) mass is 535 g/mol. The van der Waals surface area contributed by atoms with Crippen LogP contribution in [0.3, 0.4) is 0 Å². The molecule has 1 aromatic rings. The molecule has 3 aliphatic heterocycles. The highest BCUT2D eigenvalue weighted by Crippen LogP contribution is 2.60. The van der Waals surface area contributed by atoms with Crippen LogP contribution in [0.4, 0.5) is 5.69 Å². The van der Waals surface area contributed by atoms with E-state index in [0.29, 0.717) is 12.1 Å². The van der Waals surface area contributed by atoms with Gasteiger partial charge in [-0.05, 0) is 38.3 Å². The van der Waals surface area contributed by atoms with Gasteiger partial charge in [-0.3, -0.25) is 14.4 Å². The van der Waals surface area contributed by atoms with Crippen molar-refractivity contribution in [1.82, 2.24) is 10.2 Å². The van der Waals surface area contributed by atoms with Crippen LogP contribution in [0.2, 0.25) is 0 Å². The van der Waals surface area contributed by atoms with E-state index in [0.717, 1.165) is 6.42 Å². The molecule has 8 atom stereocenters. The number of nitrogens with zero attached hydrogens (tertiary/aromatic N) is 1. The average Bonchev–Trinajstić information content (AvgIpc) is 3.38. The van der Waals surface area contributed by atoms with Gasteiger partial charge in [0.1, 0.15) is 11.6 Å². The number of carbonyl (C=O) groups is 3. The molecular weight excluding hydrogens is 502 g/mol. The number of amides is 3. The molecule has 3 saturated heterocycles. The minimum Gasteiger partial charge on any atom is -0.394 e. The summed E-state index contributed by atoms with van der Waals surface area (Å²) in [5, 5.41) is 16.2. The Kier molecular flexibility index (Phi) is 7.09. The maximum absolute atomic E-state index is 14.0. The van der Waals surface area contributed by atoms with E-state index in [1.54, 1.807) is 12.1 Å². The largest absolute Gasteiger partial charge is 0.394 e. The van der Waals surface area contributed by atoms with E-state index < -0.39 is 35.6 Å². The number of ether oxygens (including phenoxy) is 1. The van der Waals surface area contributed by atoms with E-state index in [1.807, 2.05) is 45.9 Å². The Balaban J connectivity index is 1.76. The first-order valence-electron chi connectivity index (χ1n) is 12.1. The summed E-state index contributed by atoms with van der Waals surface area (Å²) in [6, 6.07) is 7.50. The number of benzene rings is 1. The summed E-state index contributed by atoms with van der Waals surface area (Å²) in [4.78, 5) is 42.4. The van der Waals surface area contributed by atoms with Crippen LogP contribution in [-0.4, -0.2) is 69.0 Å². The topological polar surface area (TPSA) is 108 Å². The molecule has 3 fully saturated rings. The molecule has 0 radical (unpaired) electrons. The summed E-state index contributed by atoms with van der Waals surface area (Å²) >= 11 is 3.67. The summed E-state index contributed by atoms with van der Waals surface area (Å²) in [6.45, 7) is 7.41. The summed E-state index contributed by atoms with van der Waals surface area (Å²) in [7, 11) is 0. The Bertz CT molecular complexity index is 944. The first-order chi connectivity index (χ1) is 16.2. The van der Waals surface area contributed by atoms with Crippen LogP contribution >= 0.6 is 15.9 Å². The number of fused-ring (bicyclic) bond motifs is 1. The Morgan fingerprint density at radius 2 is 1.91 bits per heavy atom. The molecule has 0 saturated carbocycles. The van der Waals surface area contributed by atoms with Crippen LogP contribution in [0.25, 0.3) is 0 Å². The van der Waals surface area contributed by atoms with E-state index >= 15 is 0 Å². The third-order valence-corrected chi connectivity index (χ3v) is 8.44. The number of hydrogen-bond donors (Lipinski definition) is 3. The van der Waals surface area contributed by atoms with E-state index in [9.17, 15) is 19.5 Å². The molecular formula is C25H34BrN3O5. The van der Waals surface area contributed by atoms with Crippen molar-refractivity contribution in [3.05, 3.63) is 30.3 Å². The number of likely N-dealkylation sites (tertiary alicyclic amines) is 1. The van der Waals surface area contributed by atoms with Crippen molar-refractivity contribution in [2.45, 2.75) is 75.2 Å². The number of hydrogen-bond acceptors (Lipinski definition) is 5. The molecule has 0 aliphatic carbocycles. The Hall–Kier alpha value is -1.97. The highest BCUT2D eigenvalue weighted by molar-refractivity contribution is 9.09. The standard InChI is InChI=1S/C25H34BrN3O5/c1-5-14(4)17(12-30)29-21(23(32)27-13(2)3)25-11-16(26)20(34-25)18(19(25)24(29)33)22(31)28-15-9-7-6-8-10-15/h6-10,13-14,16-21,30H,5,11-12H2,1-4H3,(H,27,32)(H,28,31)/t14-,16?,17-,18+,19-,20+,21?,25?/m0/s1. The van der Waals surface area contributed by atoms with Crippen LogP contribution in [0.15, 0.2) is 30.3 Å². The van der Waals surface area contributed by atoms with Crippen LogP contribution in [0.1, 0.15) is 40.5 Å². The van der Waals surface area contributed by atoms with Gasteiger partial charge < -0.3 is 25.4 Å². The normalized spacial score (nSPS) is 33.7. The highest BCUT2D eigenvalue weighted by Gasteiger charge is 2.77. The fourth-order valence-electron chi connectivity index (χ4n) is 5.95. The molecule has 186 valence electrons. The van der Waals surface area contributed by atoms with Crippen molar-refractivity contribution in [2.24, 2.45) is 17.8 Å². The number of anilines is 1. The van der Waals surface area contributed by atoms with Gasteiger partial charge in [0.05, 0.1) is 30.6 Å². The maximum Gasteiger partial charge on any atom is 0.246 e.